The largest absolute Gasteiger partial charge is 0.478 e. The number of aromatic carboxylic acids is 1. The van der Waals surface area contributed by atoms with Crippen LogP contribution in [0, 0.1) is 0 Å². The Hall–Kier alpha value is -2.31. The molecule has 0 unspecified atom stereocenters. The quantitative estimate of drug-likeness (QED) is 0.708. The van der Waals surface area contributed by atoms with Crippen LogP contribution < -0.4 is 10.9 Å². The summed E-state index contributed by atoms with van der Waals surface area (Å²) in [6.45, 7) is 5.15. The maximum atomic E-state index is 11.3. The molecule has 0 aliphatic rings. The fourth-order valence-corrected chi connectivity index (χ4v) is 1.09. The minimum Gasteiger partial charge on any atom is -0.478 e. The van der Waals surface area contributed by atoms with Gasteiger partial charge in [-0.15, -0.1) is 0 Å². The second kappa shape index (κ2) is 5.35. The standard InChI is InChI=1S/C11H15N3O4/c1-11(2,3)18-10(17)14-13-8-7(9(15)16)5-4-6-12-8/h4-6H,1-3H3,(H,12,13)(H,14,17)(H,15,16). The van der Waals surface area contributed by atoms with Crippen LogP contribution in [-0.2, 0) is 4.74 Å². The highest BCUT2D eigenvalue weighted by molar-refractivity contribution is 5.93. The van der Waals surface area contributed by atoms with E-state index in [0.29, 0.717) is 0 Å². The molecule has 0 spiro atoms. The number of ether oxygens (including phenoxy) is 1. The highest BCUT2D eigenvalue weighted by atomic mass is 16.6. The number of carbonyl (C=O) groups is 2. The third-order valence-corrected chi connectivity index (χ3v) is 1.72. The van der Waals surface area contributed by atoms with Crippen molar-refractivity contribution in [2.45, 2.75) is 26.4 Å². The lowest BCUT2D eigenvalue weighted by atomic mass is 10.2. The predicted octanol–water partition coefficient (Wildman–Crippen LogP) is 1.63. The van der Waals surface area contributed by atoms with E-state index in [4.69, 9.17) is 9.84 Å². The van der Waals surface area contributed by atoms with E-state index in [9.17, 15) is 9.59 Å². The second-order valence-electron chi connectivity index (χ2n) is 4.46. The van der Waals surface area contributed by atoms with Gasteiger partial charge >= 0.3 is 12.1 Å². The number of nitrogens with zero attached hydrogens (tertiary/aromatic N) is 1. The Kier molecular flexibility index (Phi) is 4.09. The van der Waals surface area contributed by atoms with Crippen LogP contribution >= 0.6 is 0 Å². The number of hydrogen-bond donors (Lipinski definition) is 3. The summed E-state index contributed by atoms with van der Waals surface area (Å²) in [5.41, 5.74) is 3.93. The van der Waals surface area contributed by atoms with Gasteiger partial charge in [0.25, 0.3) is 0 Å². The smallest absolute Gasteiger partial charge is 0.426 e. The first-order valence-corrected chi connectivity index (χ1v) is 5.23. The predicted molar refractivity (Wildman–Crippen MR) is 64.2 cm³/mol. The second-order valence-corrected chi connectivity index (χ2v) is 4.46. The van der Waals surface area contributed by atoms with Crippen LogP contribution in [0.5, 0.6) is 0 Å². The zero-order valence-corrected chi connectivity index (χ0v) is 10.4. The number of hydrazine groups is 1. The van der Waals surface area contributed by atoms with Crippen molar-refractivity contribution in [2.75, 3.05) is 5.43 Å². The van der Waals surface area contributed by atoms with Gasteiger partial charge in [-0.1, -0.05) is 0 Å². The molecule has 0 aliphatic carbocycles. The van der Waals surface area contributed by atoms with Crippen LogP contribution in [0.2, 0.25) is 0 Å². The molecule has 0 radical (unpaired) electrons. The van der Waals surface area contributed by atoms with E-state index >= 15 is 0 Å². The highest BCUT2D eigenvalue weighted by Gasteiger charge is 2.17. The summed E-state index contributed by atoms with van der Waals surface area (Å²) in [5.74, 6) is -1.10. The first-order valence-electron chi connectivity index (χ1n) is 5.23. The van der Waals surface area contributed by atoms with E-state index in [0.717, 1.165) is 0 Å². The van der Waals surface area contributed by atoms with Gasteiger partial charge in [0.1, 0.15) is 11.2 Å². The molecular weight excluding hydrogens is 238 g/mol. The van der Waals surface area contributed by atoms with Crippen LogP contribution in [0.25, 0.3) is 0 Å². The summed E-state index contributed by atoms with van der Waals surface area (Å²) in [7, 11) is 0. The van der Waals surface area contributed by atoms with Crippen molar-refractivity contribution in [3.8, 4) is 0 Å². The average Bonchev–Trinajstić information content (AvgIpc) is 2.24. The summed E-state index contributed by atoms with van der Waals surface area (Å²) >= 11 is 0. The summed E-state index contributed by atoms with van der Waals surface area (Å²) in [5, 5.41) is 8.89. The van der Waals surface area contributed by atoms with E-state index in [1.54, 1.807) is 20.8 Å². The summed E-state index contributed by atoms with van der Waals surface area (Å²) < 4.78 is 4.97. The van der Waals surface area contributed by atoms with Gasteiger partial charge in [-0.05, 0) is 32.9 Å². The number of aromatic nitrogens is 1. The summed E-state index contributed by atoms with van der Waals surface area (Å²) in [4.78, 5) is 26.0. The minimum absolute atomic E-state index is 0.0378. The molecule has 3 N–H and O–H groups in total. The lowest BCUT2D eigenvalue weighted by Crippen LogP contribution is -2.36. The zero-order chi connectivity index (χ0) is 13.8. The molecule has 0 aliphatic heterocycles. The minimum atomic E-state index is -1.14. The molecule has 1 aromatic rings. The third kappa shape index (κ3) is 4.28. The normalized spacial score (nSPS) is 10.6. The first-order chi connectivity index (χ1) is 8.29. The molecule has 98 valence electrons. The number of carboxylic acids is 1. The molecule has 0 saturated heterocycles. The number of nitrogens with one attached hydrogen (secondary N) is 2. The fourth-order valence-electron chi connectivity index (χ4n) is 1.09. The Morgan fingerprint density at radius 1 is 1.39 bits per heavy atom. The topological polar surface area (TPSA) is 101 Å². The fraction of sp³-hybridized carbons (Fsp3) is 0.364. The van der Waals surface area contributed by atoms with Crippen molar-refractivity contribution in [1.82, 2.24) is 10.4 Å². The van der Waals surface area contributed by atoms with Crippen molar-refractivity contribution in [3.63, 3.8) is 0 Å². The number of carbonyl (C=O) groups excluding carboxylic acids is 1. The van der Waals surface area contributed by atoms with E-state index in [2.05, 4.69) is 15.8 Å². The molecule has 1 aromatic heterocycles. The van der Waals surface area contributed by atoms with Crippen LogP contribution in [0.3, 0.4) is 0 Å². The van der Waals surface area contributed by atoms with Gasteiger partial charge in [-0.2, -0.15) is 0 Å². The van der Waals surface area contributed by atoms with Gasteiger partial charge in [0, 0.05) is 6.20 Å². The number of pyridine rings is 1. The van der Waals surface area contributed by atoms with E-state index in [-0.39, 0.29) is 11.4 Å². The maximum absolute atomic E-state index is 11.3. The van der Waals surface area contributed by atoms with Gasteiger partial charge in [-0.3, -0.25) is 5.43 Å². The van der Waals surface area contributed by atoms with Crippen molar-refractivity contribution < 1.29 is 19.4 Å². The molecule has 0 atom stereocenters. The first kappa shape index (κ1) is 13.8. The number of amides is 1. The monoisotopic (exact) mass is 253 g/mol. The van der Waals surface area contributed by atoms with Crippen LogP contribution in [0.4, 0.5) is 10.6 Å². The summed E-state index contributed by atoms with van der Waals surface area (Å²) in [6.07, 6.45) is 0.690. The van der Waals surface area contributed by atoms with Crippen molar-refractivity contribution in [2.24, 2.45) is 0 Å². The average molecular weight is 253 g/mol. The van der Waals surface area contributed by atoms with Gasteiger partial charge < -0.3 is 9.84 Å². The Balaban J connectivity index is 2.64. The van der Waals surface area contributed by atoms with Crippen molar-refractivity contribution in [1.29, 1.82) is 0 Å². The zero-order valence-electron chi connectivity index (χ0n) is 10.4. The van der Waals surface area contributed by atoms with Crippen molar-refractivity contribution >= 4 is 17.9 Å². The molecular formula is C11H15N3O4. The summed E-state index contributed by atoms with van der Waals surface area (Å²) in [6, 6.07) is 2.86. The van der Waals surface area contributed by atoms with E-state index in [1.165, 1.54) is 18.3 Å². The van der Waals surface area contributed by atoms with E-state index < -0.39 is 17.7 Å². The Morgan fingerprint density at radius 2 is 2.06 bits per heavy atom. The van der Waals surface area contributed by atoms with Gasteiger partial charge in [0.2, 0.25) is 0 Å². The number of hydrogen-bond acceptors (Lipinski definition) is 5. The maximum Gasteiger partial charge on any atom is 0.426 e. The molecule has 0 bridgehead atoms. The van der Waals surface area contributed by atoms with Crippen LogP contribution in [-0.4, -0.2) is 27.8 Å². The molecule has 0 fully saturated rings. The molecule has 7 heteroatoms. The Morgan fingerprint density at radius 3 is 2.61 bits per heavy atom. The van der Waals surface area contributed by atoms with Gasteiger partial charge in [-0.25, -0.2) is 20.0 Å². The number of carboxylic acid groups (broad SMARTS) is 1. The van der Waals surface area contributed by atoms with E-state index in [1.807, 2.05) is 0 Å². The molecule has 18 heavy (non-hydrogen) atoms. The van der Waals surface area contributed by atoms with Crippen LogP contribution in [0.1, 0.15) is 31.1 Å². The molecule has 1 amide bonds. The number of rotatable bonds is 3. The van der Waals surface area contributed by atoms with Crippen molar-refractivity contribution in [3.05, 3.63) is 23.9 Å². The Bertz CT molecular complexity index is 454. The van der Waals surface area contributed by atoms with Crippen LogP contribution in [0.15, 0.2) is 18.3 Å². The SMILES string of the molecule is CC(C)(C)OC(=O)NNc1ncccc1C(=O)O. The highest BCUT2D eigenvalue weighted by Crippen LogP contribution is 2.10. The lowest BCUT2D eigenvalue weighted by molar-refractivity contribution is 0.0538. The number of anilines is 1. The van der Waals surface area contributed by atoms with Gasteiger partial charge in [0.15, 0.2) is 5.82 Å². The lowest BCUT2D eigenvalue weighted by Gasteiger charge is -2.20. The van der Waals surface area contributed by atoms with Gasteiger partial charge in [0.05, 0.1) is 0 Å². The molecule has 7 nitrogen and oxygen atoms in total. The molecule has 0 aromatic carbocycles. The third-order valence-electron chi connectivity index (χ3n) is 1.72. The molecule has 0 saturated carbocycles. The Labute approximate surface area is 104 Å². The molecule has 1 heterocycles. The molecule has 1 rings (SSSR count).